The maximum atomic E-state index is 9.98. The van der Waals surface area contributed by atoms with Crippen LogP contribution in [0, 0.1) is 47.3 Å². The van der Waals surface area contributed by atoms with Crippen LogP contribution in [0.3, 0.4) is 0 Å². The van der Waals surface area contributed by atoms with Gasteiger partial charge >= 0.3 is 0 Å². The van der Waals surface area contributed by atoms with Gasteiger partial charge in [0.25, 0.3) is 5.91 Å². The van der Waals surface area contributed by atoms with E-state index in [1.54, 1.807) is 0 Å². The molecule has 3 rings (SSSR count). The summed E-state index contributed by atoms with van der Waals surface area (Å²) in [5.74, 6) is -1.92. The monoisotopic (exact) mass is 310 g/mol. The van der Waals surface area contributed by atoms with Gasteiger partial charge in [0, 0.05) is 20.1 Å². The SMILES string of the molecule is COC1(OC)N=C(N)C2(C#N)C(c3cc(C)ccc3C)C12C#N. The predicted molar refractivity (Wildman–Crippen MR) is 83.1 cm³/mol. The lowest BCUT2D eigenvalue weighted by atomic mass is 9.92. The molecule has 1 fully saturated rings. The normalized spacial score (nSPS) is 33.3. The van der Waals surface area contributed by atoms with Gasteiger partial charge in [-0.25, -0.2) is 4.99 Å². The van der Waals surface area contributed by atoms with Gasteiger partial charge in [0.1, 0.15) is 11.3 Å². The van der Waals surface area contributed by atoms with Gasteiger partial charge in [-0.1, -0.05) is 23.8 Å². The molecule has 3 unspecified atom stereocenters. The third-order valence-corrected chi connectivity index (χ3v) is 5.23. The molecule has 1 aliphatic carbocycles. The second-order valence-electron chi connectivity index (χ2n) is 6.12. The average Bonchev–Trinajstić information content (AvgIpc) is 3.12. The molecule has 23 heavy (non-hydrogen) atoms. The molecule has 3 atom stereocenters. The summed E-state index contributed by atoms with van der Waals surface area (Å²) < 4.78 is 10.9. The zero-order valence-electron chi connectivity index (χ0n) is 13.5. The van der Waals surface area contributed by atoms with E-state index in [4.69, 9.17) is 15.2 Å². The van der Waals surface area contributed by atoms with Crippen LogP contribution in [-0.2, 0) is 9.47 Å². The zero-order chi connectivity index (χ0) is 17.0. The molecule has 6 heteroatoms. The fourth-order valence-electron chi connectivity index (χ4n) is 4.06. The number of aryl methyl sites for hydroxylation is 2. The Morgan fingerprint density at radius 1 is 1.17 bits per heavy atom. The number of ether oxygens (including phenoxy) is 2. The molecule has 0 aromatic heterocycles. The van der Waals surface area contributed by atoms with Crippen molar-refractivity contribution >= 4 is 5.84 Å². The van der Waals surface area contributed by atoms with Crippen molar-refractivity contribution in [3.8, 4) is 12.1 Å². The molecule has 0 spiro atoms. The number of rotatable bonds is 3. The number of hydrogen-bond donors (Lipinski definition) is 1. The van der Waals surface area contributed by atoms with Crippen molar-refractivity contribution in [2.45, 2.75) is 25.7 Å². The van der Waals surface area contributed by atoms with Gasteiger partial charge in [-0.3, -0.25) is 0 Å². The fraction of sp³-hybridized carbons (Fsp3) is 0.471. The molecule has 0 amide bonds. The number of hydrogen-bond acceptors (Lipinski definition) is 6. The predicted octanol–water partition coefficient (Wildman–Crippen LogP) is 1.74. The summed E-state index contributed by atoms with van der Waals surface area (Å²) in [6.45, 7) is 3.92. The molecule has 2 aliphatic rings. The average molecular weight is 310 g/mol. The van der Waals surface area contributed by atoms with Gasteiger partial charge in [-0.2, -0.15) is 10.5 Å². The van der Waals surface area contributed by atoms with Crippen LogP contribution >= 0.6 is 0 Å². The van der Waals surface area contributed by atoms with E-state index in [2.05, 4.69) is 17.1 Å². The van der Waals surface area contributed by atoms with Crippen LogP contribution in [0.1, 0.15) is 22.6 Å². The highest BCUT2D eigenvalue weighted by Crippen LogP contribution is 2.82. The molecule has 6 nitrogen and oxygen atoms in total. The number of fused-ring (bicyclic) bond motifs is 1. The Morgan fingerprint density at radius 2 is 1.83 bits per heavy atom. The minimum Gasteiger partial charge on any atom is -0.386 e. The third kappa shape index (κ3) is 1.41. The van der Waals surface area contributed by atoms with E-state index >= 15 is 0 Å². The van der Waals surface area contributed by atoms with Gasteiger partial charge in [0.05, 0.1) is 12.1 Å². The number of methoxy groups -OCH3 is 2. The molecule has 0 saturated heterocycles. The Balaban J connectivity index is 2.30. The van der Waals surface area contributed by atoms with Crippen molar-refractivity contribution in [3.05, 3.63) is 34.9 Å². The number of aliphatic imine (C=N–C) groups is 1. The Morgan fingerprint density at radius 3 is 2.35 bits per heavy atom. The van der Waals surface area contributed by atoms with Crippen molar-refractivity contribution in [2.24, 2.45) is 21.6 Å². The van der Waals surface area contributed by atoms with E-state index in [0.29, 0.717) is 0 Å². The van der Waals surface area contributed by atoms with Gasteiger partial charge in [-0.05, 0) is 25.0 Å². The molecule has 0 radical (unpaired) electrons. The Bertz CT molecular complexity index is 800. The summed E-state index contributed by atoms with van der Waals surface area (Å²) in [6.07, 6.45) is 0. The molecule has 1 aromatic carbocycles. The fourth-order valence-corrected chi connectivity index (χ4v) is 4.06. The van der Waals surface area contributed by atoms with E-state index in [0.717, 1.165) is 16.7 Å². The van der Waals surface area contributed by atoms with Crippen molar-refractivity contribution in [2.75, 3.05) is 14.2 Å². The van der Waals surface area contributed by atoms with Crippen LogP contribution in [0.25, 0.3) is 0 Å². The van der Waals surface area contributed by atoms with Crippen LogP contribution in [0.4, 0.5) is 0 Å². The highest BCUT2D eigenvalue weighted by Gasteiger charge is 2.93. The maximum Gasteiger partial charge on any atom is 0.292 e. The molecular weight excluding hydrogens is 292 g/mol. The van der Waals surface area contributed by atoms with Gasteiger partial charge < -0.3 is 15.2 Å². The van der Waals surface area contributed by atoms with E-state index in [1.165, 1.54) is 14.2 Å². The summed E-state index contributed by atoms with van der Waals surface area (Å²) in [6, 6.07) is 10.4. The summed E-state index contributed by atoms with van der Waals surface area (Å²) in [4.78, 5) is 4.21. The van der Waals surface area contributed by atoms with E-state index in [9.17, 15) is 10.5 Å². The highest BCUT2D eigenvalue weighted by atomic mass is 16.7. The first-order valence-corrected chi connectivity index (χ1v) is 7.26. The van der Waals surface area contributed by atoms with E-state index in [1.807, 2.05) is 32.0 Å². The minimum absolute atomic E-state index is 0.0937. The molecule has 0 bridgehead atoms. The van der Waals surface area contributed by atoms with Crippen LogP contribution in [0.5, 0.6) is 0 Å². The molecule has 1 aromatic rings. The largest absolute Gasteiger partial charge is 0.386 e. The van der Waals surface area contributed by atoms with Gasteiger partial charge in [0.15, 0.2) is 5.41 Å². The Labute approximate surface area is 135 Å². The van der Waals surface area contributed by atoms with Crippen LogP contribution in [0.15, 0.2) is 23.2 Å². The smallest absolute Gasteiger partial charge is 0.292 e. The zero-order valence-corrected chi connectivity index (χ0v) is 13.5. The van der Waals surface area contributed by atoms with Gasteiger partial charge in [0.2, 0.25) is 0 Å². The standard InChI is InChI=1S/C17H18N4O2/c1-10-5-6-11(2)12(7-10)13-15(8-18)14(20)21-17(22-3,23-4)16(13,15)9-19/h5-7,13H,1-4H3,(H2,20,21). The van der Waals surface area contributed by atoms with Crippen molar-refractivity contribution in [1.82, 2.24) is 0 Å². The molecule has 1 saturated carbocycles. The first-order chi connectivity index (χ1) is 10.9. The summed E-state index contributed by atoms with van der Waals surface area (Å²) in [7, 11) is 2.82. The number of nitriles is 2. The summed E-state index contributed by atoms with van der Waals surface area (Å²) in [5.41, 5.74) is 6.51. The van der Waals surface area contributed by atoms with Crippen LogP contribution < -0.4 is 5.73 Å². The summed E-state index contributed by atoms with van der Waals surface area (Å²) in [5, 5.41) is 19.9. The maximum absolute atomic E-state index is 9.98. The van der Waals surface area contributed by atoms with E-state index in [-0.39, 0.29) is 5.84 Å². The molecule has 1 aliphatic heterocycles. The minimum atomic E-state index is -1.57. The molecular formula is C17H18N4O2. The van der Waals surface area contributed by atoms with Gasteiger partial charge in [-0.15, -0.1) is 0 Å². The third-order valence-electron chi connectivity index (χ3n) is 5.23. The number of nitrogens with zero attached hydrogens (tertiary/aromatic N) is 3. The second-order valence-corrected chi connectivity index (χ2v) is 6.12. The van der Waals surface area contributed by atoms with Crippen molar-refractivity contribution < 1.29 is 9.47 Å². The molecule has 2 N–H and O–H groups in total. The van der Waals surface area contributed by atoms with Crippen LogP contribution in [0.2, 0.25) is 0 Å². The number of nitrogens with two attached hydrogens (primary N) is 1. The lowest BCUT2D eigenvalue weighted by Gasteiger charge is -2.29. The first-order valence-electron chi connectivity index (χ1n) is 7.26. The first kappa shape index (κ1) is 15.5. The molecule has 1 heterocycles. The topological polar surface area (TPSA) is 104 Å². The quantitative estimate of drug-likeness (QED) is 0.856. The number of amidine groups is 1. The Hall–Kier alpha value is -2.41. The lowest BCUT2D eigenvalue weighted by Crippen LogP contribution is -2.41. The van der Waals surface area contributed by atoms with Crippen molar-refractivity contribution in [1.29, 1.82) is 10.5 Å². The highest BCUT2D eigenvalue weighted by molar-refractivity contribution is 6.00. The van der Waals surface area contributed by atoms with E-state index < -0.39 is 22.7 Å². The summed E-state index contributed by atoms with van der Waals surface area (Å²) >= 11 is 0. The lowest BCUT2D eigenvalue weighted by molar-refractivity contribution is -0.230. The number of benzene rings is 1. The van der Waals surface area contributed by atoms with Crippen LogP contribution in [-0.4, -0.2) is 26.0 Å². The Kier molecular flexibility index (Phi) is 3.06. The molecule has 118 valence electrons. The second kappa shape index (κ2) is 4.55. The van der Waals surface area contributed by atoms with Crippen molar-refractivity contribution in [3.63, 3.8) is 0 Å².